The van der Waals surface area contributed by atoms with Gasteiger partial charge in [0.05, 0.1) is 5.56 Å². The minimum atomic E-state index is -4.54. The normalized spacial score (nSPS) is 17.2. The molecule has 0 unspecified atom stereocenters. The number of para-hydroxylation sites is 1. The van der Waals surface area contributed by atoms with Crippen LogP contribution in [0.5, 0.6) is 0 Å². The standard InChI is InChI=1S/C21H23F3N2O2/c22-21(23,24)17-8-4-5-9-18(17)25-20(19(27)28)11-14-26(15-12-20)13-10-16-6-2-1-3-7-16/h1-9,25H,10-15H2,(H,27,28). The molecular formula is C21H23F3N2O2. The highest BCUT2D eigenvalue weighted by Gasteiger charge is 2.43. The number of anilines is 1. The van der Waals surface area contributed by atoms with E-state index < -0.39 is 23.2 Å². The van der Waals surface area contributed by atoms with Crippen LogP contribution in [0.25, 0.3) is 0 Å². The maximum atomic E-state index is 13.3. The van der Waals surface area contributed by atoms with Crippen LogP contribution in [0.1, 0.15) is 24.0 Å². The molecule has 2 aromatic carbocycles. The topological polar surface area (TPSA) is 52.6 Å². The van der Waals surface area contributed by atoms with Crippen molar-refractivity contribution in [2.45, 2.75) is 31.0 Å². The minimum absolute atomic E-state index is 0.185. The number of rotatable bonds is 6. The maximum Gasteiger partial charge on any atom is 0.418 e. The number of aliphatic carboxylic acids is 1. The van der Waals surface area contributed by atoms with Gasteiger partial charge in [0, 0.05) is 25.3 Å². The second kappa shape index (κ2) is 8.22. The first kappa shape index (κ1) is 20.2. The van der Waals surface area contributed by atoms with Gasteiger partial charge in [-0.15, -0.1) is 0 Å². The number of nitrogens with one attached hydrogen (secondary N) is 1. The van der Waals surface area contributed by atoms with Gasteiger partial charge in [-0.2, -0.15) is 13.2 Å². The number of halogens is 3. The van der Waals surface area contributed by atoms with Crippen LogP contribution in [0.2, 0.25) is 0 Å². The Morgan fingerprint density at radius 2 is 1.64 bits per heavy atom. The van der Waals surface area contributed by atoms with E-state index in [9.17, 15) is 23.1 Å². The Kier molecular flexibility index (Phi) is 5.93. The Bertz CT molecular complexity index is 801. The molecule has 0 atom stereocenters. The first-order valence-electron chi connectivity index (χ1n) is 9.24. The number of alkyl halides is 3. The van der Waals surface area contributed by atoms with Gasteiger partial charge >= 0.3 is 12.1 Å². The third-order valence-corrected chi connectivity index (χ3v) is 5.28. The lowest BCUT2D eigenvalue weighted by Crippen LogP contribution is -2.54. The van der Waals surface area contributed by atoms with E-state index in [2.05, 4.69) is 10.2 Å². The van der Waals surface area contributed by atoms with Crippen molar-refractivity contribution < 1.29 is 23.1 Å². The molecule has 150 valence electrons. The number of hydrogen-bond donors (Lipinski definition) is 2. The summed E-state index contributed by atoms with van der Waals surface area (Å²) in [6.07, 6.45) is -3.21. The largest absolute Gasteiger partial charge is 0.480 e. The Labute approximate surface area is 162 Å². The van der Waals surface area contributed by atoms with Crippen LogP contribution in [0.4, 0.5) is 18.9 Å². The number of carbonyl (C=O) groups is 1. The summed E-state index contributed by atoms with van der Waals surface area (Å²) in [6.45, 7) is 1.82. The molecule has 2 aromatic rings. The third kappa shape index (κ3) is 4.65. The number of carboxylic acid groups (broad SMARTS) is 1. The minimum Gasteiger partial charge on any atom is -0.480 e. The van der Waals surface area contributed by atoms with Gasteiger partial charge < -0.3 is 15.3 Å². The monoisotopic (exact) mass is 392 g/mol. The zero-order chi connectivity index (χ0) is 20.2. The van der Waals surface area contributed by atoms with Crippen molar-refractivity contribution in [3.05, 3.63) is 65.7 Å². The van der Waals surface area contributed by atoms with Gasteiger partial charge in [0.25, 0.3) is 0 Å². The van der Waals surface area contributed by atoms with E-state index >= 15 is 0 Å². The smallest absolute Gasteiger partial charge is 0.418 e. The van der Waals surface area contributed by atoms with Gasteiger partial charge in [0.1, 0.15) is 5.54 Å². The summed E-state index contributed by atoms with van der Waals surface area (Å²) in [7, 11) is 0. The number of benzene rings is 2. The van der Waals surface area contributed by atoms with Gasteiger partial charge in [0.15, 0.2) is 0 Å². The summed E-state index contributed by atoms with van der Waals surface area (Å²) >= 11 is 0. The zero-order valence-corrected chi connectivity index (χ0v) is 15.4. The van der Waals surface area contributed by atoms with Gasteiger partial charge in [-0.25, -0.2) is 4.79 Å². The number of hydrogen-bond acceptors (Lipinski definition) is 3. The molecule has 1 aliphatic rings. The van der Waals surface area contributed by atoms with E-state index in [0.29, 0.717) is 13.1 Å². The molecule has 0 aromatic heterocycles. The summed E-state index contributed by atoms with van der Waals surface area (Å²) in [5.41, 5.74) is -1.23. The molecule has 0 saturated carbocycles. The maximum absolute atomic E-state index is 13.3. The molecule has 0 spiro atoms. The summed E-state index contributed by atoms with van der Waals surface area (Å²) < 4.78 is 39.8. The molecule has 0 radical (unpaired) electrons. The quantitative estimate of drug-likeness (QED) is 0.771. The Morgan fingerprint density at radius 1 is 1.04 bits per heavy atom. The lowest BCUT2D eigenvalue weighted by molar-refractivity contribution is -0.144. The van der Waals surface area contributed by atoms with Gasteiger partial charge in [-0.1, -0.05) is 42.5 Å². The molecule has 2 N–H and O–H groups in total. The van der Waals surface area contributed by atoms with E-state index in [-0.39, 0.29) is 18.5 Å². The van der Waals surface area contributed by atoms with Crippen LogP contribution in [0.15, 0.2) is 54.6 Å². The van der Waals surface area contributed by atoms with Gasteiger partial charge in [-0.05, 0) is 37.0 Å². The lowest BCUT2D eigenvalue weighted by Gasteiger charge is -2.40. The van der Waals surface area contributed by atoms with Crippen molar-refractivity contribution in [1.82, 2.24) is 4.90 Å². The number of piperidine rings is 1. The van der Waals surface area contributed by atoms with E-state index in [4.69, 9.17) is 0 Å². The highest BCUT2D eigenvalue weighted by atomic mass is 19.4. The number of nitrogens with zero attached hydrogens (tertiary/aromatic N) is 1. The number of likely N-dealkylation sites (tertiary alicyclic amines) is 1. The predicted octanol–water partition coefficient (Wildman–Crippen LogP) is 4.28. The van der Waals surface area contributed by atoms with Crippen molar-refractivity contribution >= 4 is 11.7 Å². The molecule has 1 aliphatic heterocycles. The Hall–Kier alpha value is -2.54. The second-order valence-electron chi connectivity index (χ2n) is 7.13. The fourth-order valence-electron chi connectivity index (χ4n) is 3.58. The van der Waals surface area contributed by atoms with Crippen molar-refractivity contribution in [3.8, 4) is 0 Å². The van der Waals surface area contributed by atoms with Crippen LogP contribution in [0, 0.1) is 0 Å². The summed E-state index contributed by atoms with van der Waals surface area (Å²) in [5, 5.41) is 12.5. The average molecular weight is 392 g/mol. The zero-order valence-electron chi connectivity index (χ0n) is 15.4. The van der Waals surface area contributed by atoms with Gasteiger partial charge in [-0.3, -0.25) is 0 Å². The van der Waals surface area contributed by atoms with Crippen molar-refractivity contribution in [3.63, 3.8) is 0 Å². The molecule has 0 bridgehead atoms. The molecule has 3 rings (SSSR count). The van der Waals surface area contributed by atoms with E-state index in [1.165, 1.54) is 23.8 Å². The SMILES string of the molecule is O=C(O)C1(Nc2ccccc2C(F)(F)F)CCN(CCc2ccccc2)CC1. The highest BCUT2D eigenvalue weighted by Crippen LogP contribution is 2.37. The molecule has 0 amide bonds. The van der Waals surface area contributed by atoms with Crippen LogP contribution in [-0.2, 0) is 17.4 Å². The highest BCUT2D eigenvalue weighted by molar-refractivity contribution is 5.83. The summed E-state index contributed by atoms with van der Waals surface area (Å²) in [6, 6.07) is 15.0. The fourth-order valence-corrected chi connectivity index (χ4v) is 3.58. The average Bonchev–Trinajstić information content (AvgIpc) is 2.68. The second-order valence-corrected chi connectivity index (χ2v) is 7.13. The van der Waals surface area contributed by atoms with Crippen molar-refractivity contribution in [1.29, 1.82) is 0 Å². The number of carboxylic acids is 1. The van der Waals surface area contributed by atoms with Crippen molar-refractivity contribution in [2.24, 2.45) is 0 Å². The van der Waals surface area contributed by atoms with Crippen LogP contribution in [-0.4, -0.2) is 41.1 Å². The molecule has 28 heavy (non-hydrogen) atoms. The Morgan fingerprint density at radius 3 is 2.25 bits per heavy atom. The van der Waals surface area contributed by atoms with Gasteiger partial charge in [0.2, 0.25) is 0 Å². The molecule has 0 aliphatic carbocycles. The lowest BCUT2D eigenvalue weighted by atomic mass is 9.86. The predicted molar refractivity (Wildman–Crippen MR) is 101 cm³/mol. The first-order valence-corrected chi connectivity index (χ1v) is 9.24. The van der Waals surface area contributed by atoms with E-state index in [0.717, 1.165) is 19.0 Å². The van der Waals surface area contributed by atoms with Crippen LogP contribution >= 0.6 is 0 Å². The molecular weight excluding hydrogens is 369 g/mol. The van der Waals surface area contributed by atoms with Crippen LogP contribution in [0.3, 0.4) is 0 Å². The van der Waals surface area contributed by atoms with E-state index in [1.54, 1.807) is 0 Å². The summed E-state index contributed by atoms with van der Waals surface area (Å²) in [5.74, 6) is -1.12. The summed E-state index contributed by atoms with van der Waals surface area (Å²) in [4.78, 5) is 14.1. The van der Waals surface area contributed by atoms with Crippen molar-refractivity contribution in [2.75, 3.05) is 25.0 Å². The first-order chi connectivity index (χ1) is 13.3. The molecule has 1 heterocycles. The third-order valence-electron chi connectivity index (χ3n) is 5.28. The molecule has 1 saturated heterocycles. The molecule has 7 heteroatoms. The fraction of sp³-hybridized carbons (Fsp3) is 0.381. The Balaban J connectivity index is 1.68. The molecule has 4 nitrogen and oxygen atoms in total. The van der Waals surface area contributed by atoms with E-state index in [1.807, 2.05) is 30.3 Å². The molecule has 1 fully saturated rings. The van der Waals surface area contributed by atoms with Crippen LogP contribution < -0.4 is 5.32 Å².